The van der Waals surface area contributed by atoms with Crippen LogP contribution < -0.4 is 14.8 Å². The number of rotatable bonds is 12. The van der Waals surface area contributed by atoms with Crippen LogP contribution in [0.4, 0.5) is 5.13 Å². The molecule has 3 rings (SSSR count). The van der Waals surface area contributed by atoms with Gasteiger partial charge in [0.05, 0.1) is 13.7 Å². The lowest BCUT2D eigenvalue weighted by molar-refractivity contribution is -0.112. The Bertz CT molecular complexity index is 1190. The lowest BCUT2D eigenvalue weighted by atomic mass is 10.1. The second kappa shape index (κ2) is 13.3. The van der Waals surface area contributed by atoms with Gasteiger partial charge in [-0.2, -0.15) is 5.26 Å². The molecule has 0 aliphatic rings. The molecule has 182 valence electrons. The Balaban J connectivity index is 1.63. The van der Waals surface area contributed by atoms with E-state index in [2.05, 4.69) is 48.4 Å². The van der Waals surface area contributed by atoms with Gasteiger partial charge in [-0.05, 0) is 42.7 Å². The molecule has 1 amide bonds. The summed E-state index contributed by atoms with van der Waals surface area (Å²) in [6, 6.07) is 15.7. The van der Waals surface area contributed by atoms with Gasteiger partial charge in [-0.3, -0.25) is 10.1 Å². The van der Waals surface area contributed by atoms with Crippen molar-refractivity contribution in [1.82, 2.24) is 4.98 Å². The number of ether oxygens (including phenoxy) is 2. The largest absolute Gasteiger partial charge is 0.493 e. The van der Waals surface area contributed by atoms with Crippen LogP contribution >= 0.6 is 11.3 Å². The molecule has 2 aromatic carbocycles. The molecule has 0 spiro atoms. The maximum absolute atomic E-state index is 12.7. The zero-order valence-corrected chi connectivity index (χ0v) is 21.3. The van der Waals surface area contributed by atoms with Crippen molar-refractivity contribution in [1.29, 1.82) is 5.26 Å². The molecule has 6 nitrogen and oxygen atoms in total. The number of hydrogen-bond acceptors (Lipinski definition) is 6. The number of nitriles is 1. The first-order valence-corrected chi connectivity index (χ1v) is 12.6. The number of unbranched alkanes of at least 4 members (excludes halogenated alkanes) is 3. The molecular weight excluding hydrogens is 458 g/mol. The van der Waals surface area contributed by atoms with E-state index in [9.17, 15) is 10.1 Å². The van der Waals surface area contributed by atoms with Gasteiger partial charge in [0.15, 0.2) is 16.6 Å². The standard InChI is InChI=1S/C28H31N3O3S/c1-4-5-6-7-14-34-25-13-12-22(17-26(25)33-3)15-23(18-29)27(32)31-28-30-19-24(35-28)16-21-10-8-20(2)9-11-21/h8-13,15,17,19H,4-7,14,16H2,1-3H3,(H,30,31,32)/b23-15+. The van der Waals surface area contributed by atoms with Gasteiger partial charge in [0.1, 0.15) is 11.6 Å². The molecule has 0 atom stereocenters. The van der Waals surface area contributed by atoms with Crippen LogP contribution in [0.1, 0.15) is 54.2 Å². The number of aromatic nitrogens is 1. The highest BCUT2D eigenvalue weighted by Gasteiger charge is 2.13. The van der Waals surface area contributed by atoms with Gasteiger partial charge in [-0.15, -0.1) is 11.3 Å². The first kappa shape index (κ1) is 26.0. The van der Waals surface area contributed by atoms with E-state index >= 15 is 0 Å². The molecule has 1 heterocycles. The number of methoxy groups -OCH3 is 1. The van der Waals surface area contributed by atoms with Gasteiger partial charge in [0.25, 0.3) is 5.91 Å². The fourth-order valence-corrected chi connectivity index (χ4v) is 4.28. The van der Waals surface area contributed by atoms with Gasteiger partial charge in [0.2, 0.25) is 0 Å². The molecule has 0 unspecified atom stereocenters. The number of hydrogen-bond donors (Lipinski definition) is 1. The molecule has 0 fully saturated rings. The van der Waals surface area contributed by atoms with Crippen LogP contribution in [0.15, 0.2) is 54.2 Å². The third-order valence-electron chi connectivity index (χ3n) is 5.39. The summed E-state index contributed by atoms with van der Waals surface area (Å²) in [6.07, 6.45) is 8.51. The summed E-state index contributed by atoms with van der Waals surface area (Å²) in [5, 5.41) is 12.8. The van der Waals surface area contributed by atoms with Gasteiger partial charge in [0, 0.05) is 17.5 Å². The number of benzene rings is 2. The Morgan fingerprint density at radius 2 is 1.94 bits per heavy atom. The Hall–Kier alpha value is -3.63. The van der Waals surface area contributed by atoms with Gasteiger partial charge >= 0.3 is 0 Å². The average molecular weight is 490 g/mol. The first-order chi connectivity index (χ1) is 17.0. The number of carbonyl (C=O) groups excluding carboxylic acids is 1. The minimum absolute atomic E-state index is 0.0180. The van der Waals surface area contributed by atoms with Crippen LogP contribution in [0.2, 0.25) is 0 Å². The van der Waals surface area contributed by atoms with E-state index in [0.717, 1.165) is 24.1 Å². The number of carbonyl (C=O) groups is 1. The highest BCUT2D eigenvalue weighted by atomic mass is 32.1. The third kappa shape index (κ3) is 7.97. The zero-order chi connectivity index (χ0) is 25.0. The highest BCUT2D eigenvalue weighted by Crippen LogP contribution is 2.29. The van der Waals surface area contributed by atoms with Crippen molar-refractivity contribution < 1.29 is 14.3 Å². The molecule has 3 aromatic rings. The van der Waals surface area contributed by atoms with E-state index in [4.69, 9.17) is 9.47 Å². The predicted octanol–water partition coefficient (Wildman–Crippen LogP) is 6.56. The van der Waals surface area contributed by atoms with E-state index < -0.39 is 5.91 Å². The minimum atomic E-state index is -0.501. The lowest BCUT2D eigenvalue weighted by Gasteiger charge is -2.11. The Kier molecular flexibility index (Phi) is 9.88. The monoisotopic (exact) mass is 489 g/mol. The molecule has 0 radical (unpaired) electrons. The van der Waals surface area contributed by atoms with E-state index in [1.165, 1.54) is 41.4 Å². The van der Waals surface area contributed by atoms with Gasteiger partial charge in [-0.25, -0.2) is 4.98 Å². The maximum atomic E-state index is 12.7. The number of anilines is 1. The number of aryl methyl sites for hydroxylation is 1. The molecule has 0 saturated carbocycles. The number of nitrogens with zero attached hydrogens (tertiary/aromatic N) is 2. The third-order valence-corrected chi connectivity index (χ3v) is 6.30. The maximum Gasteiger partial charge on any atom is 0.268 e. The smallest absolute Gasteiger partial charge is 0.268 e. The highest BCUT2D eigenvalue weighted by molar-refractivity contribution is 7.15. The van der Waals surface area contributed by atoms with Gasteiger partial charge < -0.3 is 9.47 Å². The van der Waals surface area contributed by atoms with Crippen molar-refractivity contribution in [3.05, 3.63) is 75.8 Å². The van der Waals surface area contributed by atoms with Crippen molar-refractivity contribution in [2.24, 2.45) is 0 Å². The summed E-state index contributed by atoms with van der Waals surface area (Å²) in [5.74, 6) is 0.708. The van der Waals surface area contributed by atoms with E-state index in [-0.39, 0.29) is 5.57 Å². The molecule has 0 aliphatic heterocycles. The van der Waals surface area contributed by atoms with E-state index in [1.807, 2.05) is 6.07 Å². The van der Waals surface area contributed by atoms with Crippen LogP contribution in [-0.2, 0) is 11.2 Å². The van der Waals surface area contributed by atoms with Crippen LogP contribution in [0.5, 0.6) is 11.5 Å². The topological polar surface area (TPSA) is 84.2 Å². The average Bonchev–Trinajstić information content (AvgIpc) is 3.30. The van der Waals surface area contributed by atoms with Crippen molar-refractivity contribution in [2.75, 3.05) is 19.0 Å². The second-order valence-electron chi connectivity index (χ2n) is 8.24. The Morgan fingerprint density at radius 1 is 1.14 bits per heavy atom. The quantitative estimate of drug-likeness (QED) is 0.177. The summed E-state index contributed by atoms with van der Waals surface area (Å²) in [5.41, 5.74) is 3.04. The number of nitrogens with one attached hydrogen (secondary N) is 1. The summed E-state index contributed by atoms with van der Waals surface area (Å²) in [7, 11) is 1.57. The predicted molar refractivity (Wildman–Crippen MR) is 141 cm³/mol. The van der Waals surface area contributed by atoms with Gasteiger partial charge in [-0.1, -0.05) is 62.1 Å². The summed E-state index contributed by atoms with van der Waals surface area (Å²) < 4.78 is 11.3. The molecular formula is C28H31N3O3S. The van der Waals surface area contributed by atoms with Crippen molar-refractivity contribution in [3.63, 3.8) is 0 Å². The lowest BCUT2D eigenvalue weighted by Crippen LogP contribution is -2.13. The molecule has 0 aliphatic carbocycles. The van der Waals surface area contributed by atoms with E-state index in [0.29, 0.717) is 28.8 Å². The van der Waals surface area contributed by atoms with Crippen LogP contribution in [-0.4, -0.2) is 24.6 Å². The Labute approximate surface area is 211 Å². The summed E-state index contributed by atoms with van der Waals surface area (Å²) in [4.78, 5) is 18.0. The first-order valence-electron chi connectivity index (χ1n) is 11.8. The Morgan fingerprint density at radius 3 is 2.66 bits per heavy atom. The van der Waals surface area contributed by atoms with E-state index in [1.54, 1.807) is 31.5 Å². The van der Waals surface area contributed by atoms with Crippen molar-refractivity contribution in [2.45, 2.75) is 46.0 Å². The normalized spacial score (nSPS) is 11.1. The molecule has 35 heavy (non-hydrogen) atoms. The fraction of sp³-hybridized carbons (Fsp3) is 0.321. The SMILES string of the molecule is CCCCCCOc1ccc(/C=C(\C#N)C(=O)Nc2ncc(Cc3ccc(C)cc3)s2)cc1OC. The molecule has 0 bridgehead atoms. The van der Waals surface area contributed by atoms with Crippen LogP contribution in [0.3, 0.4) is 0 Å². The van der Waals surface area contributed by atoms with Crippen molar-refractivity contribution >= 4 is 28.5 Å². The molecule has 1 aromatic heterocycles. The number of thiazole rings is 1. The zero-order valence-electron chi connectivity index (χ0n) is 20.5. The molecule has 0 saturated heterocycles. The summed E-state index contributed by atoms with van der Waals surface area (Å²) in [6.45, 7) is 4.85. The van der Waals surface area contributed by atoms with Crippen LogP contribution in [0, 0.1) is 18.3 Å². The molecule has 7 heteroatoms. The summed E-state index contributed by atoms with van der Waals surface area (Å²) >= 11 is 1.40. The van der Waals surface area contributed by atoms with Crippen LogP contribution in [0.25, 0.3) is 6.08 Å². The van der Waals surface area contributed by atoms with Crippen molar-refractivity contribution in [3.8, 4) is 17.6 Å². The fourth-order valence-electron chi connectivity index (χ4n) is 3.44. The molecule has 1 N–H and O–H groups in total. The second-order valence-corrected chi connectivity index (χ2v) is 9.35. The minimum Gasteiger partial charge on any atom is -0.493 e. The number of amides is 1.